The van der Waals surface area contributed by atoms with Gasteiger partial charge in [-0.3, -0.25) is 0 Å². The summed E-state index contributed by atoms with van der Waals surface area (Å²) in [6.45, 7) is 1.87. The van der Waals surface area contributed by atoms with Crippen LogP contribution in [-0.4, -0.2) is 37.8 Å². The molecule has 2 aliphatic heterocycles. The second-order valence-corrected chi connectivity index (χ2v) is 4.52. The largest absolute Gasteiger partial charge is 0.491 e. The quantitative estimate of drug-likeness (QED) is 0.872. The van der Waals surface area contributed by atoms with Crippen LogP contribution in [0.4, 0.5) is 0 Å². The highest BCUT2D eigenvalue weighted by molar-refractivity contribution is 5.46. The van der Waals surface area contributed by atoms with Crippen molar-refractivity contribution in [2.24, 2.45) is 5.92 Å². The predicted molar refractivity (Wildman–Crippen MR) is 63.0 cm³/mol. The van der Waals surface area contributed by atoms with Gasteiger partial charge in [-0.25, -0.2) is 0 Å². The molecule has 5 nitrogen and oxygen atoms in total. The van der Waals surface area contributed by atoms with Crippen LogP contribution in [0.5, 0.6) is 17.2 Å². The van der Waals surface area contributed by atoms with E-state index in [4.69, 9.17) is 18.9 Å². The van der Waals surface area contributed by atoms with Crippen molar-refractivity contribution in [3.8, 4) is 17.2 Å². The summed E-state index contributed by atoms with van der Waals surface area (Å²) < 4.78 is 21.3. The molecule has 1 fully saturated rings. The lowest BCUT2D eigenvalue weighted by molar-refractivity contribution is 0.0499. The molecule has 1 aromatic carbocycles. The van der Waals surface area contributed by atoms with Gasteiger partial charge in [-0.15, -0.1) is 0 Å². The van der Waals surface area contributed by atoms with Gasteiger partial charge in [0.15, 0.2) is 11.5 Å². The van der Waals surface area contributed by atoms with Crippen LogP contribution in [0.1, 0.15) is 6.42 Å². The molecule has 18 heavy (non-hydrogen) atoms. The minimum absolute atomic E-state index is 0.180. The number of hydrogen-bond acceptors (Lipinski definition) is 5. The van der Waals surface area contributed by atoms with Crippen molar-refractivity contribution in [2.45, 2.75) is 12.5 Å². The van der Waals surface area contributed by atoms with Crippen molar-refractivity contribution >= 4 is 0 Å². The first-order chi connectivity index (χ1) is 8.83. The molecule has 2 aliphatic rings. The summed E-state index contributed by atoms with van der Waals surface area (Å²) in [6, 6.07) is 5.40. The smallest absolute Gasteiger partial charge is 0.231 e. The number of ether oxygens (including phenoxy) is 4. The van der Waals surface area contributed by atoms with Gasteiger partial charge in [0.25, 0.3) is 0 Å². The van der Waals surface area contributed by atoms with Crippen LogP contribution in [0.3, 0.4) is 0 Å². The Bertz CT molecular complexity index is 414. The van der Waals surface area contributed by atoms with E-state index >= 15 is 0 Å². The number of hydrogen-bond donors (Lipinski definition) is 1. The number of aliphatic hydroxyl groups excluding tert-OH is 1. The third-order valence-corrected chi connectivity index (χ3v) is 3.27. The van der Waals surface area contributed by atoms with Gasteiger partial charge in [-0.2, -0.15) is 0 Å². The van der Waals surface area contributed by atoms with Crippen molar-refractivity contribution in [1.82, 2.24) is 0 Å². The Labute approximate surface area is 105 Å². The Morgan fingerprint density at radius 1 is 1.33 bits per heavy atom. The predicted octanol–water partition coefficient (Wildman–Crippen LogP) is 1.19. The highest BCUT2D eigenvalue weighted by Gasteiger charge is 2.24. The van der Waals surface area contributed by atoms with E-state index in [-0.39, 0.29) is 19.3 Å². The Hall–Kier alpha value is -1.46. The average molecular weight is 252 g/mol. The fraction of sp³-hybridized carbons (Fsp3) is 0.538. The summed E-state index contributed by atoms with van der Waals surface area (Å²) >= 11 is 0. The van der Waals surface area contributed by atoms with Crippen molar-refractivity contribution in [1.29, 1.82) is 0 Å². The fourth-order valence-corrected chi connectivity index (χ4v) is 2.14. The van der Waals surface area contributed by atoms with E-state index in [9.17, 15) is 5.11 Å². The summed E-state index contributed by atoms with van der Waals surface area (Å²) in [5.74, 6) is 2.27. The third-order valence-electron chi connectivity index (χ3n) is 3.27. The van der Waals surface area contributed by atoms with Crippen LogP contribution < -0.4 is 14.2 Å². The Kier molecular flexibility index (Phi) is 3.25. The molecule has 1 saturated heterocycles. The van der Waals surface area contributed by atoms with Gasteiger partial charge < -0.3 is 24.1 Å². The van der Waals surface area contributed by atoms with Crippen molar-refractivity contribution in [3.05, 3.63) is 18.2 Å². The topological polar surface area (TPSA) is 57.2 Å². The van der Waals surface area contributed by atoms with Crippen molar-refractivity contribution in [3.63, 3.8) is 0 Å². The van der Waals surface area contributed by atoms with E-state index in [0.717, 1.165) is 18.8 Å². The number of aliphatic hydroxyl groups is 1. The lowest BCUT2D eigenvalue weighted by Crippen LogP contribution is -2.27. The molecule has 0 saturated carbocycles. The standard InChI is InChI=1S/C13H16O5/c14-11(9-3-4-15-6-9)7-16-10-1-2-12-13(5-10)18-8-17-12/h1-2,5,9,11,14H,3-4,6-8H2. The van der Waals surface area contributed by atoms with Crippen LogP contribution in [0.2, 0.25) is 0 Å². The molecule has 0 aliphatic carbocycles. The Morgan fingerprint density at radius 3 is 3.06 bits per heavy atom. The van der Waals surface area contributed by atoms with Crippen molar-refractivity contribution in [2.75, 3.05) is 26.6 Å². The molecule has 5 heteroatoms. The molecule has 1 N–H and O–H groups in total. The number of fused-ring (bicyclic) bond motifs is 1. The second kappa shape index (κ2) is 5.04. The van der Waals surface area contributed by atoms with E-state index in [2.05, 4.69) is 0 Å². The fourth-order valence-electron chi connectivity index (χ4n) is 2.14. The van der Waals surface area contributed by atoms with Crippen molar-refractivity contribution < 1.29 is 24.1 Å². The highest BCUT2D eigenvalue weighted by Crippen LogP contribution is 2.35. The van der Waals surface area contributed by atoms with E-state index in [1.807, 2.05) is 12.1 Å². The maximum atomic E-state index is 9.94. The number of rotatable bonds is 4. The minimum atomic E-state index is -0.488. The summed E-state index contributed by atoms with van der Waals surface area (Å²) in [7, 11) is 0. The Balaban J connectivity index is 1.56. The van der Waals surface area contributed by atoms with Crippen LogP contribution in [0.15, 0.2) is 18.2 Å². The van der Waals surface area contributed by atoms with Crippen LogP contribution >= 0.6 is 0 Å². The molecule has 0 amide bonds. The lowest BCUT2D eigenvalue weighted by atomic mass is 10.0. The van der Waals surface area contributed by atoms with E-state index in [1.165, 1.54) is 0 Å². The minimum Gasteiger partial charge on any atom is -0.491 e. The zero-order valence-electron chi connectivity index (χ0n) is 10.0. The summed E-state index contributed by atoms with van der Waals surface area (Å²) in [5, 5.41) is 9.94. The van der Waals surface area contributed by atoms with E-state index in [1.54, 1.807) is 6.07 Å². The first kappa shape index (κ1) is 11.6. The van der Waals surface area contributed by atoms with Gasteiger partial charge >= 0.3 is 0 Å². The first-order valence-corrected chi connectivity index (χ1v) is 6.11. The van der Waals surface area contributed by atoms with Gasteiger partial charge in [0.1, 0.15) is 12.4 Å². The zero-order chi connectivity index (χ0) is 12.4. The Morgan fingerprint density at radius 2 is 2.22 bits per heavy atom. The molecule has 2 atom stereocenters. The summed E-state index contributed by atoms with van der Waals surface area (Å²) in [5.41, 5.74) is 0. The third kappa shape index (κ3) is 2.37. The molecule has 98 valence electrons. The number of benzene rings is 1. The van der Waals surface area contributed by atoms with E-state index in [0.29, 0.717) is 18.1 Å². The normalized spacial score (nSPS) is 23.1. The van der Waals surface area contributed by atoms with Crippen LogP contribution in [0, 0.1) is 5.92 Å². The average Bonchev–Trinajstić information content (AvgIpc) is 3.05. The molecule has 2 unspecified atom stereocenters. The monoisotopic (exact) mass is 252 g/mol. The molecule has 0 spiro atoms. The molecule has 0 bridgehead atoms. The molecular formula is C13H16O5. The summed E-state index contributed by atoms with van der Waals surface area (Å²) in [6.07, 6.45) is 0.406. The SMILES string of the molecule is OC(COc1ccc2c(c1)OCO2)C1CCOC1. The van der Waals surface area contributed by atoms with Crippen LogP contribution in [-0.2, 0) is 4.74 Å². The van der Waals surface area contributed by atoms with E-state index < -0.39 is 6.10 Å². The molecule has 2 heterocycles. The molecule has 0 radical (unpaired) electrons. The lowest BCUT2D eigenvalue weighted by Gasteiger charge is -2.17. The highest BCUT2D eigenvalue weighted by atomic mass is 16.7. The van der Waals surface area contributed by atoms with Gasteiger partial charge in [0, 0.05) is 18.6 Å². The molecule has 0 aromatic heterocycles. The first-order valence-electron chi connectivity index (χ1n) is 6.11. The molecule has 3 rings (SSSR count). The summed E-state index contributed by atoms with van der Waals surface area (Å²) in [4.78, 5) is 0. The second-order valence-electron chi connectivity index (χ2n) is 4.52. The van der Waals surface area contributed by atoms with Crippen LogP contribution in [0.25, 0.3) is 0 Å². The molecular weight excluding hydrogens is 236 g/mol. The van der Waals surface area contributed by atoms with Gasteiger partial charge in [0.2, 0.25) is 6.79 Å². The van der Waals surface area contributed by atoms with Gasteiger partial charge in [-0.1, -0.05) is 0 Å². The molecule has 1 aromatic rings. The maximum Gasteiger partial charge on any atom is 0.231 e. The zero-order valence-corrected chi connectivity index (χ0v) is 10.0. The van der Waals surface area contributed by atoms with Gasteiger partial charge in [0.05, 0.1) is 12.7 Å². The maximum absolute atomic E-state index is 9.94. The van der Waals surface area contributed by atoms with Gasteiger partial charge in [-0.05, 0) is 18.6 Å².